The number of aliphatic carboxylic acids is 1. The van der Waals surface area contributed by atoms with Crippen LogP contribution in [0.1, 0.15) is 35.1 Å². The summed E-state index contributed by atoms with van der Waals surface area (Å²) < 4.78 is 0. The zero-order valence-electron chi connectivity index (χ0n) is 16.4. The van der Waals surface area contributed by atoms with Gasteiger partial charge in [-0.2, -0.15) is 0 Å². The van der Waals surface area contributed by atoms with E-state index in [4.69, 9.17) is 5.11 Å². The van der Waals surface area contributed by atoms with Gasteiger partial charge in [0, 0.05) is 28.1 Å². The van der Waals surface area contributed by atoms with Gasteiger partial charge in [0.25, 0.3) is 0 Å². The van der Waals surface area contributed by atoms with Crippen LogP contribution in [-0.4, -0.2) is 27.0 Å². The third kappa shape index (κ3) is 3.81. The zero-order valence-corrected chi connectivity index (χ0v) is 17.3. The minimum absolute atomic E-state index is 0.0383. The second kappa shape index (κ2) is 7.92. The molecule has 0 saturated carbocycles. The number of phenols is 2. The van der Waals surface area contributed by atoms with Crippen LogP contribution < -0.4 is 0 Å². The van der Waals surface area contributed by atoms with Crippen molar-refractivity contribution in [3.8, 4) is 11.5 Å². The molecule has 0 spiro atoms. The first-order valence-corrected chi connectivity index (χ1v) is 10.6. The van der Waals surface area contributed by atoms with Gasteiger partial charge in [0.15, 0.2) is 0 Å². The Morgan fingerprint density at radius 1 is 1.00 bits per heavy atom. The molecular formula is C25H22O4S. The fourth-order valence-electron chi connectivity index (χ4n) is 4.15. The van der Waals surface area contributed by atoms with Gasteiger partial charge in [0.05, 0.1) is 0 Å². The number of rotatable bonds is 4. The number of hydrogen-bond donors (Lipinski definition) is 3. The normalized spacial score (nSPS) is 20.8. The van der Waals surface area contributed by atoms with Crippen LogP contribution in [0.25, 0.3) is 6.08 Å². The monoisotopic (exact) mass is 418 g/mol. The highest BCUT2D eigenvalue weighted by atomic mass is 32.2. The van der Waals surface area contributed by atoms with E-state index in [1.807, 2.05) is 48.5 Å². The molecule has 3 aromatic carbocycles. The molecule has 2 unspecified atom stereocenters. The van der Waals surface area contributed by atoms with Gasteiger partial charge in [-0.3, -0.25) is 0 Å². The molecule has 2 atom stereocenters. The van der Waals surface area contributed by atoms with Crippen molar-refractivity contribution in [2.45, 2.75) is 23.2 Å². The molecule has 0 amide bonds. The molecule has 0 fully saturated rings. The summed E-state index contributed by atoms with van der Waals surface area (Å²) in [4.78, 5) is 11.9. The molecular weight excluding hydrogens is 396 g/mol. The predicted molar refractivity (Wildman–Crippen MR) is 119 cm³/mol. The van der Waals surface area contributed by atoms with Crippen LogP contribution >= 0.6 is 11.8 Å². The lowest BCUT2D eigenvalue weighted by Gasteiger charge is -2.43. The number of thioether (sulfide) groups is 1. The third-order valence-electron chi connectivity index (χ3n) is 5.69. The van der Waals surface area contributed by atoms with Gasteiger partial charge in [0.1, 0.15) is 11.5 Å². The number of benzene rings is 3. The summed E-state index contributed by atoms with van der Waals surface area (Å²) in [6, 6.07) is 20.8. The second-order valence-corrected chi connectivity index (χ2v) is 8.76. The van der Waals surface area contributed by atoms with Crippen LogP contribution in [0.4, 0.5) is 0 Å². The average molecular weight is 419 g/mol. The molecule has 1 aliphatic heterocycles. The fourth-order valence-corrected chi connectivity index (χ4v) is 5.49. The van der Waals surface area contributed by atoms with Gasteiger partial charge in [-0.25, -0.2) is 4.79 Å². The first-order chi connectivity index (χ1) is 14.4. The standard InChI is InChI=1S/C25H22O4S/c1-25(18-7-9-19(26)10-8-18)15-30-22-14-20(27)11-12-21(22)24(25)17-5-2-16(3-6-17)4-13-23(28)29/h2-14,24,26-27H,15H2,1H3,(H,28,29)/b13-4+. The Balaban J connectivity index is 1.83. The van der Waals surface area contributed by atoms with Gasteiger partial charge in [0.2, 0.25) is 0 Å². The van der Waals surface area contributed by atoms with Crippen LogP contribution in [-0.2, 0) is 10.2 Å². The van der Waals surface area contributed by atoms with E-state index in [0.29, 0.717) is 0 Å². The highest BCUT2D eigenvalue weighted by Gasteiger charge is 2.42. The van der Waals surface area contributed by atoms with E-state index in [9.17, 15) is 15.0 Å². The topological polar surface area (TPSA) is 77.8 Å². The lowest BCUT2D eigenvalue weighted by Crippen LogP contribution is -2.36. The van der Waals surface area contributed by atoms with Gasteiger partial charge < -0.3 is 15.3 Å². The lowest BCUT2D eigenvalue weighted by atomic mass is 9.67. The molecule has 3 aromatic rings. The van der Waals surface area contributed by atoms with Crippen molar-refractivity contribution in [3.63, 3.8) is 0 Å². The molecule has 30 heavy (non-hydrogen) atoms. The quantitative estimate of drug-likeness (QED) is 0.495. The number of carboxylic acid groups (broad SMARTS) is 1. The van der Waals surface area contributed by atoms with Gasteiger partial charge in [-0.05, 0) is 52.6 Å². The number of carboxylic acids is 1. The van der Waals surface area contributed by atoms with E-state index in [2.05, 4.69) is 6.92 Å². The Hall–Kier alpha value is -3.18. The lowest BCUT2D eigenvalue weighted by molar-refractivity contribution is -0.131. The van der Waals surface area contributed by atoms with Crippen molar-refractivity contribution in [3.05, 3.63) is 95.1 Å². The number of fused-ring (bicyclic) bond motifs is 1. The maximum atomic E-state index is 10.8. The first-order valence-electron chi connectivity index (χ1n) is 9.63. The molecule has 1 aliphatic rings. The summed E-state index contributed by atoms with van der Waals surface area (Å²) in [6.07, 6.45) is 2.71. The Morgan fingerprint density at radius 3 is 2.33 bits per heavy atom. The Kier molecular flexibility index (Phi) is 5.31. The number of carbonyl (C=O) groups is 1. The minimum atomic E-state index is -0.975. The number of hydrogen-bond acceptors (Lipinski definition) is 4. The molecule has 0 radical (unpaired) electrons. The molecule has 4 nitrogen and oxygen atoms in total. The van der Waals surface area contributed by atoms with E-state index in [-0.39, 0.29) is 22.8 Å². The van der Waals surface area contributed by atoms with Gasteiger partial charge in [-0.15, -0.1) is 11.8 Å². The first kappa shape index (κ1) is 20.1. The van der Waals surface area contributed by atoms with Crippen LogP contribution in [0.2, 0.25) is 0 Å². The van der Waals surface area contributed by atoms with Crippen molar-refractivity contribution >= 4 is 23.8 Å². The Bertz CT molecular complexity index is 1100. The summed E-state index contributed by atoms with van der Waals surface area (Å²) in [5.41, 5.74) is 3.98. The highest BCUT2D eigenvalue weighted by Crippen LogP contribution is 2.53. The predicted octanol–water partition coefficient (Wildman–Crippen LogP) is 5.39. The molecule has 0 bridgehead atoms. The second-order valence-electron chi connectivity index (χ2n) is 7.75. The van der Waals surface area contributed by atoms with Crippen LogP contribution in [0, 0.1) is 0 Å². The van der Waals surface area contributed by atoms with Crippen LogP contribution in [0.3, 0.4) is 0 Å². The smallest absolute Gasteiger partial charge is 0.328 e. The number of aromatic hydroxyl groups is 2. The molecule has 1 heterocycles. The summed E-state index contributed by atoms with van der Waals surface area (Å²) >= 11 is 1.72. The molecule has 0 saturated heterocycles. The van der Waals surface area contributed by atoms with Gasteiger partial charge >= 0.3 is 5.97 Å². The van der Waals surface area contributed by atoms with Gasteiger partial charge in [-0.1, -0.05) is 49.4 Å². The zero-order chi connectivity index (χ0) is 21.3. The van der Waals surface area contributed by atoms with E-state index in [0.717, 1.165) is 39.0 Å². The van der Waals surface area contributed by atoms with Crippen LogP contribution in [0.15, 0.2) is 77.7 Å². The average Bonchev–Trinajstić information content (AvgIpc) is 2.73. The van der Waals surface area contributed by atoms with E-state index in [1.54, 1.807) is 36.0 Å². The fraction of sp³-hybridized carbons (Fsp3) is 0.160. The minimum Gasteiger partial charge on any atom is -0.508 e. The molecule has 0 aromatic heterocycles. The van der Waals surface area contributed by atoms with Crippen LogP contribution in [0.5, 0.6) is 11.5 Å². The Labute approximate surface area is 179 Å². The highest BCUT2D eigenvalue weighted by molar-refractivity contribution is 7.99. The Morgan fingerprint density at radius 2 is 1.67 bits per heavy atom. The third-order valence-corrected chi connectivity index (χ3v) is 7.10. The van der Waals surface area contributed by atoms with Crippen molar-refractivity contribution < 1.29 is 20.1 Å². The molecule has 152 valence electrons. The molecule has 5 heteroatoms. The van der Waals surface area contributed by atoms with E-state index >= 15 is 0 Å². The maximum Gasteiger partial charge on any atom is 0.328 e. The SMILES string of the molecule is CC1(c2ccc(O)cc2)CSc2cc(O)ccc2C1c1ccc(/C=C/C(=O)O)cc1. The van der Waals surface area contributed by atoms with E-state index < -0.39 is 5.97 Å². The van der Waals surface area contributed by atoms with Crippen molar-refractivity contribution in [1.29, 1.82) is 0 Å². The summed E-state index contributed by atoms with van der Waals surface area (Å²) in [6.45, 7) is 2.23. The summed E-state index contributed by atoms with van der Waals surface area (Å²) in [5.74, 6) is 0.373. The van der Waals surface area contributed by atoms with Crippen molar-refractivity contribution in [2.75, 3.05) is 5.75 Å². The molecule has 3 N–H and O–H groups in total. The largest absolute Gasteiger partial charge is 0.508 e. The molecule has 4 rings (SSSR count). The van der Waals surface area contributed by atoms with Crippen molar-refractivity contribution in [2.24, 2.45) is 0 Å². The summed E-state index contributed by atoms with van der Waals surface area (Å²) in [7, 11) is 0. The van der Waals surface area contributed by atoms with E-state index in [1.165, 1.54) is 0 Å². The number of phenolic OH excluding ortho intramolecular Hbond substituents is 2. The summed E-state index contributed by atoms with van der Waals surface area (Å²) in [5, 5.41) is 28.6. The molecule has 0 aliphatic carbocycles. The van der Waals surface area contributed by atoms with Crippen molar-refractivity contribution in [1.82, 2.24) is 0 Å². The maximum absolute atomic E-state index is 10.8.